The van der Waals surface area contributed by atoms with E-state index in [0.29, 0.717) is 0 Å². The lowest BCUT2D eigenvalue weighted by atomic mass is 9.80. The molecule has 0 radical (unpaired) electrons. The van der Waals surface area contributed by atoms with Crippen molar-refractivity contribution in [3.05, 3.63) is 138 Å². The Labute approximate surface area is 220 Å². The number of alkyl halides is 1. The molecular weight excluding hydrogens is 574 g/mol. The second kappa shape index (κ2) is 10.5. The summed E-state index contributed by atoms with van der Waals surface area (Å²) >= 11 is 1.81. The van der Waals surface area contributed by atoms with Crippen LogP contribution in [0.1, 0.15) is 29.3 Å². The molecule has 1 aromatic heterocycles. The van der Waals surface area contributed by atoms with Crippen molar-refractivity contribution in [3.63, 3.8) is 0 Å². The second-order valence-electron chi connectivity index (χ2n) is 8.63. The van der Waals surface area contributed by atoms with Gasteiger partial charge in [0.05, 0.1) is 16.3 Å². The molecule has 0 saturated carbocycles. The molecule has 0 unspecified atom stereocenters. The van der Waals surface area contributed by atoms with Crippen molar-refractivity contribution in [2.75, 3.05) is 6.61 Å². The van der Waals surface area contributed by atoms with E-state index in [1.807, 2.05) is 91.0 Å². The highest BCUT2D eigenvalue weighted by Gasteiger charge is 2.42. The minimum atomic E-state index is -1.43. The molecule has 0 bridgehead atoms. The molecule has 5 rings (SSSR count). The van der Waals surface area contributed by atoms with Gasteiger partial charge in [-0.05, 0) is 39.3 Å². The topological polar surface area (TPSA) is 73.3 Å². The van der Waals surface area contributed by atoms with Gasteiger partial charge in [-0.15, -0.1) is 0 Å². The van der Waals surface area contributed by atoms with Crippen LogP contribution in [0.25, 0.3) is 0 Å². The molecule has 2 heterocycles. The maximum Gasteiger partial charge on any atom is 0.330 e. The first kappa shape index (κ1) is 24.6. The Balaban J connectivity index is 1.49. The van der Waals surface area contributed by atoms with E-state index in [1.165, 1.54) is 6.20 Å². The highest BCUT2D eigenvalue weighted by molar-refractivity contribution is 14.1. The lowest BCUT2D eigenvalue weighted by Crippen LogP contribution is -2.36. The minimum absolute atomic E-state index is 0.0568. The zero-order valence-electron chi connectivity index (χ0n) is 19.2. The fourth-order valence-corrected chi connectivity index (χ4v) is 5.12. The molecule has 1 fully saturated rings. The first-order valence-corrected chi connectivity index (χ1v) is 12.7. The highest BCUT2D eigenvalue weighted by atomic mass is 127. The fraction of sp³-hybridized carbons (Fsp3) is 0.214. The van der Waals surface area contributed by atoms with Crippen molar-refractivity contribution in [1.29, 1.82) is 0 Å². The Morgan fingerprint density at radius 3 is 1.92 bits per heavy atom. The van der Waals surface area contributed by atoms with Crippen LogP contribution in [0.5, 0.6) is 0 Å². The second-order valence-corrected chi connectivity index (χ2v) is 9.80. The molecule has 0 spiro atoms. The number of aromatic nitrogens is 2. The summed E-state index contributed by atoms with van der Waals surface area (Å²) in [4.78, 5) is 26.3. The smallest absolute Gasteiger partial charge is 0.330 e. The van der Waals surface area contributed by atoms with E-state index in [9.17, 15) is 9.59 Å². The van der Waals surface area contributed by atoms with Gasteiger partial charge in [0.25, 0.3) is 5.56 Å². The minimum Gasteiger partial charge on any atom is -0.358 e. The summed E-state index contributed by atoms with van der Waals surface area (Å²) in [6.07, 6.45) is -1.79. The van der Waals surface area contributed by atoms with Crippen LogP contribution in [0.2, 0.25) is 0 Å². The Kier molecular flexibility index (Phi) is 7.17. The molecule has 6 nitrogen and oxygen atoms in total. The average Bonchev–Trinajstić information content (AvgIpc) is 3.28. The maximum atomic E-state index is 15.1. The summed E-state index contributed by atoms with van der Waals surface area (Å²) in [5.74, 6) is 0. The summed E-state index contributed by atoms with van der Waals surface area (Å²) in [6, 6.07) is 29.7. The van der Waals surface area contributed by atoms with Crippen LogP contribution in [0.3, 0.4) is 0 Å². The third-order valence-electron chi connectivity index (χ3n) is 6.35. The number of rotatable bonds is 7. The number of ether oxygens (including phenoxy) is 2. The summed E-state index contributed by atoms with van der Waals surface area (Å²) in [6.45, 7) is 0.0881. The molecule has 36 heavy (non-hydrogen) atoms. The van der Waals surface area contributed by atoms with Crippen molar-refractivity contribution in [3.8, 4) is 0 Å². The van der Waals surface area contributed by atoms with Crippen LogP contribution in [-0.2, 0) is 15.1 Å². The van der Waals surface area contributed by atoms with E-state index in [4.69, 9.17) is 9.47 Å². The Morgan fingerprint density at radius 1 is 0.917 bits per heavy atom. The van der Waals surface area contributed by atoms with Crippen molar-refractivity contribution < 1.29 is 13.9 Å². The zero-order chi connectivity index (χ0) is 25.1. The molecule has 1 saturated heterocycles. The van der Waals surface area contributed by atoms with E-state index >= 15 is 4.39 Å². The molecule has 1 aliphatic rings. The van der Waals surface area contributed by atoms with E-state index in [0.717, 1.165) is 21.3 Å². The first-order chi connectivity index (χ1) is 17.5. The predicted molar refractivity (Wildman–Crippen MR) is 143 cm³/mol. The van der Waals surface area contributed by atoms with Crippen molar-refractivity contribution in [1.82, 2.24) is 9.55 Å². The molecule has 0 amide bonds. The van der Waals surface area contributed by atoms with E-state index in [2.05, 4.69) is 4.98 Å². The molecular formula is C28H24FIN2O4. The summed E-state index contributed by atoms with van der Waals surface area (Å²) in [5.41, 5.74) is 0.618. The van der Waals surface area contributed by atoms with Crippen molar-refractivity contribution in [2.24, 2.45) is 0 Å². The number of hydrogen-bond acceptors (Lipinski definition) is 4. The quantitative estimate of drug-likeness (QED) is 0.246. The largest absolute Gasteiger partial charge is 0.358 e. The molecule has 1 aliphatic heterocycles. The van der Waals surface area contributed by atoms with Crippen LogP contribution in [0, 0.1) is 3.57 Å². The molecule has 184 valence electrons. The highest BCUT2D eigenvalue weighted by Crippen LogP contribution is 2.41. The average molecular weight is 598 g/mol. The van der Waals surface area contributed by atoms with Gasteiger partial charge in [0.1, 0.15) is 11.8 Å². The Hall–Kier alpha value is -3.08. The number of hydrogen-bond donors (Lipinski definition) is 1. The standard InChI is InChI=1S/C28H24FIN2O4/c29-23-16-22(36-26(23)32-17-24(30)25(33)31-27(32)34)18-35-28(19-10-4-1-5-11-19,20-12-6-2-7-13-20)21-14-8-3-9-15-21/h1-15,17,22-23,26H,16,18H2,(H,31,33,34)/t22-,23-,26+/m0/s1. The van der Waals surface area contributed by atoms with Crippen LogP contribution in [0.15, 0.2) is 107 Å². The van der Waals surface area contributed by atoms with Crippen LogP contribution in [0.4, 0.5) is 4.39 Å². The maximum absolute atomic E-state index is 15.1. The third kappa shape index (κ3) is 4.68. The van der Waals surface area contributed by atoms with Gasteiger partial charge in [0, 0.05) is 12.6 Å². The molecule has 8 heteroatoms. The number of halogens is 2. The molecule has 3 aromatic carbocycles. The van der Waals surface area contributed by atoms with E-state index in [1.54, 1.807) is 22.6 Å². The van der Waals surface area contributed by atoms with Crippen molar-refractivity contribution in [2.45, 2.75) is 30.5 Å². The Morgan fingerprint density at radius 2 is 1.42 bits per heavy atom. The molecule has 4 aromatic rings. The zero-order valence-corrected chi connectivity index (χ0v) is 21.4. The van der Waals surface area contributed by atoms with Gasteiger partial charge in [-0.2, -0.15) is 0 Å². The molecule has 1 N–H and O–H groups in total. The van der Waals surface area contributed by atoms with Gasteiger partial charge in [0.15, 0.2) is 6.23 Å². The monoisotopic (exact) mass is 598 g/mol. The van der Waals surface area contributed by atoms with E-state index < -0.39 is 35.4 Å². The fourth-order valence-electron chi connectivity index (χ4n) is 4.69. The van der Waals surface area contributed by atoms with Crippen molar-refractivity contribution >= 4 is 22.6 Å². The SMILES string of the molecule is O=c1[nH]c(=O)n([C@@H]2O[C@H](COC(c3ccccc3)(c3ccccc3)c3ccccc3)C[C@@H]2F)cc1I. The normalized spacial score (nSPS) is 19.9. The number of aromatic amines is 1. The number of benzene rings is 3. The van der Waals surface area contributed by atoms with Gasteiger partial charge < -0.3 is 9.47 Å². The van der Waals surface area contributed by atoms with Gasteiger partial charge in [-0.1, -0.05) is 91.0 Å². The van der Waals surface area contributed by atoms with E-state index in [-0.39, 0.29) is 16.6 Å². The predicted octanol–water partition coefficient (Wildman–Crippen LogP) is 4.78. The summed E-state index contributed by atoms with van der Waals surface area (Å²) < 4.78 is 29.2. The van der Waals surface area contributed by atoms with Crippen LogP contribution < -0.4 is 11.2 Å². The molecule has 0 aliphatic carbocycles. The number of nitrogens with one attached hydrogen (secondary N) is 1. The van der Waals surface area contributed by atoms with Crippen LogP contribution in [-0.4, -0.2) is 28.4 Å². The number of H-pyrrole nitrogens is 1. The lowest BCUT2D eigenvalue weighted by molar-refractivity contribution is -0.0826. The first-order valence-electron chi connectivity index (χ1n) is 11.6. The van der Waals surface area contributed by atoms with Gasteiger partial charge in [-0.3, -0.25) is 14.3 Å². The molecule has 3 atom stereocenters. The third-order valence-corrected chi connectivity index (χ3v) is 7.12. The summed E-state index contributed by atoms with van der Waals surface area (Å²) in [7, 11) is 0. The van der Waals surface area contributed by atoms with Crippen LogP contribution >= 0.6 is 22.6 Å². The Bertz CT molecular complexity index is 1330. The van der Waals surface area contributed by atoms with Gasteiger partial charge in [-0.25, -0.2) is 9.18 Å². The lowest BCUT2D eigenvalue weighted by Gasteiger charge is -2.36. The van der Waals surface area contributed by atoms with Gasteiger partial charge >= 0.3 is 5.69 Å². The number of nitrogens with zero attached hydrogens (tertiary/aromatic N) is 1. The summed E-state index contributed by atoms with van der Waals surface area (Å²) in [5, 5.41) is 0. The van der Waals surface area contributed by atoms with Gasteiger partial charge in [0.2, 0.25) is 0 Å².